The number of methoxy groups -OCH3 is 1. The van der Waals surface area contributed by atoms with Crippen LogP contribution < -0.4 is 4.90 Å². The van der Waals surface area contributed by atoms with Gasteiger partial charge in [-0.1, -0.05) is 18.2 Å². The molecule has 0 bridgehead atoms. The van der Waals surface area contributed by atoms with Crippen LogP contribution in [0.1, 0.15) is 12.0 Å². The average molecular weight is 237 g/mol. The predicted molar refractivity (Wildman–Crippen MR) is 67.1 cm³/mol. The van der Waals surface area contributed by atoms with Crippen LogP contribution in [0.4, 0.5) is 5.69 Å². The Morgan fingerprint density at radius 1 is 1.47 bits per heavy atom. The quantitative estimate of drug-likeness (QED) is 0.785. The highest BCUT2D eigenvalue weighted by Gasteiger charge is 2.14. The van der Waals surface area contributed by atoms with Crippen LogP contribution in [0.15, 0.2) is 24.3 Å². The smallest absolute Gasteiger partial charge is 0.308 e. The molecule has 0 radical (unpaired) electrons. The minimum Gasteiger partial charge on any atom is -0.469 e. The predicted octanol–water partition coefficient (Wildman–Crippen LogP) is 1.36. The second-order valence-electron chi connectivity index (χ2n) is 4.10. The Labute approximate surface area is 102 Å². The Balaban J connectivity index is 2.57. The van der Waals surface area contributed by atoms with Crippen LogP contribution in [0.25, 0.3) is 0 Å². The molecule has 0 aromatic heterocycles. The summed E-state index contributed by atoms with van der Waals surface area (Å²) in [5, 5.41) is 9.73. The summed E-state index contributed by atoms with van der Waals surface area (Å²) in [5.74, 6) is -0.393. The molecule has 0 amide bonds. The van der Waals surface area contributed by atoms with Gasteiger partial charge in [-0.3, -0.25) is 4.79 Å². The van der Waals surface area contributed by atoms with Gasteiger partial charge in [0.05, 0.1) is 19.6 Å². The van der Waals surface area contributed by atoms with Gasteiger partial charge in [-0.05, 0) is 18.6 Å². The van der Waals surface area contributed by atoms with Crippen molar-refractivity contribution in [3.8, 4) is 0 Å². The van der Waals surface area contributed by atoms with E-state index in [4.69, 9.17) is 0 Å². The van der Waals surface area contributed by atoms with E-state index in [1.165, 1.54) is 7.11 Å². The topological polar surface area (TPSA) is 49.8 Å². The number of esters is 1. The van der Waals surface area contributed by atoms with Gasteiger partial charge in [0.2, 0.25) is 0 Å². The van der Waals surface area contributed by atoms with Gasteiger partial charge in [0, 0.05) is 19.3 Å². The SMILES string of the molecule is COC(=O)CC(O)CN(C)c1ccccc1C. The highest BCUT2D eigenvalue weighted by Crippen LogP contribution is 2.18. The molecule has 0 heterocycles. The Bertz CT molecular complexity index is 379. The molecule has 1 aromatic carbocycles. The molecular formula is C13H19NO3. The summed E-state index contributed by atoms with van der Waals surface area (Å²) < 4.78 is 4.51. The molecule has 1 unspecified atom stereocenters. The lowest BCUT2D eigenvalue weighted by Crippen LogP contribution is -2.31. The molecule has 1 atom stereocenters. The molecule has 1 rings (SSSR count). The summed E-state index contributed by atoms with van der Waals surface area (Å²) in [6.07, 6.45) is -0.695. The number of anilines is 1. The number of benzene rings is 1. The van der Waals surface area contributed by atoms with Gasteiger partial charge in [-0.15, -0.1) is 0 Å². The highest BCUT2D eigenvalue weighted by molar-refractivity contribution is 5.69. The van der Waals surface area contributed by atoms with Crippen LogP contribution in [0.2, 0.25) is 0 Å². The first-order chi connectivity index (χ1) is 8.04. The van der Waals surface area contributed by atoms with Crippen LogP contribution >= 0.6 is 0 Å². The zero-order valence-corrected chi connectivity index (χ0v) is 10.5. The maximum atomic E-state index is 11.0. The minimum absolute atomic E-state index is 0.0206. The number of aryl methyl sites for hydroxylation is 1. The zero-order chi connectivity index (χ0) is 12.8. The molecular weight excluding hydrogens is 218 g/mol. The molecule has 1 aromatic rings. The number of hydrogen-bond donors (Lipinski definition) is 1. The summed E-state index contributed by atoms with van der Waals surface area (Å²) in [6, 6.07) is 7.92. The standard InChI is InChI=1S/C13H19NO3/c1-10-6-4-5-7-12(10)14(2)9-11(15)8-13(16)17-3/h4-7,11,15H,8-9H2,1-3H3. The highest BCUT2D eigenvalue weighted by atomic mass is 16.5. The third-order valence-electron chi connectivity index (χ3n) is 2.64. The summed E-state index contributed by atoms with van der Waals surface area (Å²) in [4.78, 5) is 12.9. The Morgan fingerprint density at radius 3 is 2.71 bits per heavy atom. The van der Waals surface area contributed by atoms with Crippen molar-refractivity contribution < 1.29 is 14.6 Å². The molecule has 4 nitrogen and oxygen atoms in total. The Hall–Kier alpha value is -1.55. The van der Waals surface area contributed by atoms with Crippen LogP contribution in [-0.4, -0.2) is 37.9 Å². The summed E-state index contributed by atoms with van der Waals surface area (Å²) in [6.45, 7) is 2.42. The van der Waals surface area contributed by atoms with Gasteiger partial charge >= 0.3 is 5.97 Å². The molecule has 17 heavy (non-hydrogen) atoms. The van der Waals surface area contributed by atoms with Crippen molar-refractivity contribution in [2.24, 2.45) is 0 Å². The van der Waals surface area contributed by atoms with Gasteiger partial charge in [0.15, 0.2) is 0 Å². The van der Waals surface area contributed by atoms with Crippen LogP contribution in [0, 0.1) is 6.92 Å². The van der Waals surface area contributed by atoms with Gasteiger partial charge in [-0.25, -0.2) is 0 Å². The first-order valence-electron chi connectivity index (χ1n) is 5.56. The van der Waals surface area contributed by atoms with Gasteiger partial charge in [0.1, 0.15) is 0 Å². The minimum atomic E-state index is -0.716. The monoisotopic (exact) mass is 237 g/mol. The van der Waals surface area contributed by atoms with Crippen molar-refractivity contribution in [3.05, 3.63) is 29.8 Å². The molecule has 0 saturated carbocycles. The third kappa shape index (κ3) is 4.07. The van der Waals surface area contributed by atoms with E-state index in [0.717, 1.165) is 11.3 Å². The zero-order valence-electron chi connectivity index (χ0n) is 10.5. The van der Waals surface area contributed by atoms with Gasteiger partial charge in [0.25, 0.3) is 0 Å². The van der Waals surface area contributed by atoms with Crippen molar-refractivity contribution in [2.45, 2.75) is 19.4 Å². The van der Waals surface area contributed by atoms with E-state index >= 15 is 0 Å². The van der Waals surface area contributed by atoms with Crippen molar-refractivity contribution >= 4 is 11.7 Å². The second-order valence-corrected chi connectivity index (χ2v) is 4.10. The first-order valence-corrected chi connectivity index (χ1v) is 5.56. The number of hydrogen-bond acceptors (Lipinski definition) is 4. The number of rotatable bonds is 5. The van der Waals surface area contributed by atoms with Crippen molar-refractivity contribution in [3.63, 3.8) is 0 Å². The molecule has 0 saturated heterocycles. The van der Waals surface area contributed by atoms with E-state index in [9.17, 15) is 9.90 Å². The number of likely N-dealkylation sites (N-methyl/N-ethyl adjacent to an activating group) is 1. The Kier molecular flexibility index (Phi) is 4.97. The second kappa shape index (κ2) is 6.25. The molecule has 0 aliphatic carbocycles. The number of carbonyl (C=O) groups excluding carboxylic acids is 1. The van der Waals surface area contributed by atoms with Gasteiger partial charge in [-0.2, -0.15) is 0 Å². The van der Waals surface area contributed by atoms with E-state index in [2.05, 4.69) is 4.74 Å². The summed E-state index contributed by atoms with van der Waals surface area (Å²) >= 11 is 0. The molecule has 0 fully saturated rings. The lowest BCUT2D eigenvalue weighted by molar-refractivity contribution is -0.142. The van der Waals surface area contributed by atoms with Crippen molar-refractivity contribution in [2.75, 3.05) is 25.6 Å². The number of ether oxygens (including phenoxy) is 1. The fraction of sp³-hybridized carbons (Fsp3) is 0.462. The summed E-state index contributed by atoms with van der Waals surface area (Å²) in [7, 11) is 3.21. The van der Waals surface area contributed by atoms with Crippen molar-refractivity contribution in [1.29, 1.82) is 0 Å². The molecule has 0 aliphatic rings. The molecule has 0 spiro atoms. The maximum absolute atomic E-state index is 11.0. The normalized spacial score (nSPS) is 12.0. The lowest BCUT2D eigenvalue weighted by Gasteiger charge is -2.23. The van der Waals surface area contributed by atoms with E-state index in [1.54, 1.807) is 0 Å². The van der Waals surface area contributed by atoms with Gasteiger partial charge < -0.3 is 14.7 Å². The van der Waals surface area contributed by atoms with E-state index in [-0.39, 0.29) is 6.42 Å². The Morgan fingerprint density at radius 2 is 2.12 bits per heavy atom. The van der Waals surface area contributed by atoms with Crippen molar-refractivity contribution in [1.82, 2.24) is 0 Å². The molecule has 94 valence electrons. The number of carbonyl (C=O) groups is 1. The fourth-order valence-corrected chi connectivity index (χ4v) is 1.75. The third-order valence-corrected chi connectivity index (χ3v) is 2.64. The van der Waals surface area contributed by atoms with Crippen LogP contribution in [0.5, 0.6) is 0 Å². The average Bonchev–Trinajstić information content (AvgIpc) is 2.29. The number of nitrogens with zero attached hydrogens (tertiary/aromatic N) is 1. The van der Waals surface area contributed by atoms with Crippen LogP contribution in [0.3, 0.4) is 0 Å². The number of para-hydroxylation sites is 1. The van der Waals surface area contributed by atoms with E-state index < -0.39 is 12.1 Å². The molecule has 1 N–H and O–H groups in total. The number of aliphatic hydroxyl groups is 1. The van der Waals surface area contributed by atoms with Crippen LogP contribution in [-0.2, 0) is 9.53 Å². The number of aliphatic hydroxyl groups excluding tert-OH is 1. The maximum Gasteiger partial charge on any atom is 0.308 e. The fourth-order valence-electron chi connectivity index (χ4n) is 1.75. The van der Waals surface area contributed by atoms with E-state index in [1.807, 2.05) is 43.1 Å². The largest absolute Gasteiger partial charge is 0.469 e. The first kappa shape index (κ1) is 13.5. The lowest BCUT2D eigenvalue weighted by atomic mass is 10.1. The molecule has 4 heteroatoms. The summed E-state index contributed by atoms with van der Waals surface area (Å²) in [5.41, 5.74) is 2.19. The van der Waals surface area contributed by atoms with E-state index in [0.29, 0.717) is 6.54 Å². The molecule has 0 aliphatic heterocycles.